The fraction of sp³-hybridized carbons (Fsp3) is 0.500. The average Bonchev–Trinajstić information content (AvgIpc) is 2.47. The van der Waals surface area contributed by atoms with E-state index in [-0.39, 0.29) is 11.7 Å². The molecule has 2 rings (SSSR count). The standard InChI is InChI=1S/C14H17BrFNO/c1-10-2-5-14(18)17(7-6-10)9-11-3-4-12(15)8-13(11)16/h3-4,8,10H,2,5-7,9H2,1H3. The highest BCUT2D eigenvalue weighted by atomic mass is 79.9. The van der Waals surface area contributed by atoms with Crippen LogP contribution < -0.4 is 0 Å². The Labute approximate surface area is 115 Å². The Morgan fingerprint density at radius 2 is 2.22 bits per heavy atom. The molecule has 1 aliphatic rings. The number of likely N-dealkylation sites (tertiary alicyclic amines) is 1. The summed E-state index contributed by atoms with van der Waals surface area (Å²) in [6, 6.07) is 4.99. The van der Waals surface area contributed by atoms with E-state index in [9.17, 15) is 9.18 Å². The summed E-state index contributed by atoms with van der Waals surface area (Å²) in [4.78, 5) is 13.7. The molecule has 1 heterocycles. The van der Waals surface area contributed by atoms with Crippen LogP contribution >= 0.6 is 15.9 Å². The van der Waals surface area contributed by atoms with Gasteiger partial charge in [-0.2, -0.15) is 0 Å². The Morgan fingerprint density at radius 1 is 1.44 bits per heavy atom. The highest BCUT2D eigenvalue weighted by Crippen LogP contribution is 2.21. The molecule has 18 heavy (non-hydrogen) atoms. The zero-order valence-corrected chi connectivity index (χ0v) is 12.0. The van der Waals surface area contributed by atoms with Crippen LogP contribution in [0.25, 0.3) is 0 Å². The van der Waals surface area contributed by atoms with Gasteiger partial charge in [0.2, 0.25) is 5.91 Å². The Morgan fingerprint density at radius 3 is 2.94 bits per heavy atom. The first-order valence-corrected chi connectivity index (χ1v) is 7.07. The van der Waals surface area contributed by atoms with Gasteiger partial charge in [0, 0.05) is 29.5 Å². The lowest BCUT2D eigenvalue weighted by Gasteiger charge is -2.21. The van der Waals surface area contributed by atoms with Gasteiger partial charge in [-0.1, -0.05) is 28.9 Å². The second-order valence-electron chi connectivity index (χ2n) is 4.98. The molecule has 1 amide bonds. The quantitative estimate of drug-likeness (QED) is 0.814. The maximum atomic E-state index is 13.7. The number of amides is 1. The number of carbonyl (C=O) groups is 1. The fourth-order valence-electron chi connectivity index (χ4n) is 2.20. The van der Waals surface area contributed by atoms with Gasteiger partial charge >= 0.3 is 0 Å². The predicted molar refractivity (Wildman–Crippen MR) is 72.5 cm³/mol. The lowest BCUT2D eigenvalue weighted by molar-refractivity contribution is -0.131. The van der Waals surface area contributed by atoms with Crippen LogP contribution in [0.3, 0.4) is 0 Å². The van der Waals surface area contributed by atoms with Crippen LogP contribution in [0, 0.1) is 11.7 Å². The van der Waals surface area contributed by atoms with E-state index < -0.39 is 0 Å². The molecule has 1 aromatic carbocycles. The molecule has 1 atom stereocenters. The van der Waals surface area contributed by atoms with Crippen LogP contribution in [-0.2, 0) is 11.3 Å². The number of nitrogens with zero attached hydrogens (tertiary/aromatic N) is 1. The van der Waals surface area contributed by atoms with Crippen molar-refractivity contribution in [2.75, 3.05) is 6.54 Å². The second kappa shape index (κ2) is 5.83. The van der Waals surface area contributed by atoms with Crippen molar-refractivity contribution in [3.8, 4) is 0 Å². The summed E-state index contributed by atoms with van der Waals surface area (Å²) in [7, 11) is 0. The number of rotatable bonds is 2. The fourth-order valence-corrected chi connectivity index (χ4v) is 2.53. The van der Waals surface area contributed by atoms with Crippen molar-refractivity contribution in [1.29, 1.82) is 0 Å². The van der Waals surface area contributed by atoms with Crippen LogP contribution in [0.1, 0.15) is 31.7 Å². The number of benzene rings is 1. The minimum Gasteiger partial charge on any atom is -0.338 e. The molecule has 4 heteroatoms. The van der Waals surface area contributed by atoms with Gasteiger partial charge in [0.15, 0.2) is 0 Å². The lowest BCUT2D eigenvalue weighted by atomic mass is 10.0. The second-order valence-corrected chi connectivity index (χ2v) is 5.90. The topological polar surface area (TPSA) is 20.3 Å². The van der Waals surface area contributed by atoms with Crippen molar-refractivity contribution in [3.05, 3.63) is 34.1 Å². The molecule has 0 saturated carbocycles. The zero-order valence-electron chi connectivity index (χ0n) is 10.5. The predicted octanol–water partition coefficient (Wildman–Crippen LogP) is 3.74. The van der Waals surface area contributed by atoms with E-state index in [1.165, 1.54) is 6.07 Å². The summed E-state index contributed by atoms with van der Waals surface area (Å²) in [5.41, 5.74) is 0.584. The van der Waals surface area contributed by atoms with E-state index in [1.54, 1.807) is 11.0 Å². The molecule has 0 aliphatic carbocycles. The lowest BCUT2D eigenvalue weighted by Crippen LogP contribution is -2.30. The molecular weight excluding hydrogens is 297 g/mol. The molecule has 1 aliphatic heterocycles. The van der Waals surface area contributed by atoms with Gasteiger partial charge in [-0.3, -0.25) is 4.79 Å². The number of hydrogen-bond acceptors (Lipinski definition) is 1. The van der Waals surface area contributed by atoms with Gasteiger partial charge in [0.1, 0.15) is 5.82 Å². The van der Waals surface area contributed by atoms with E-state index in [0.717, 1.165) is 23.9 Å². The third-order valence-electron chi connectivity index (χ3n) is 3.47. The number of carbonyl (C=O) groups excluding carboxylic acids is 1. The van der Waals surface area contributed by atoms with E-state index >= 15 is 0 Å². The van der Waals surface area contributed by atoms with Crippen molar-refractivity contribution in [2.24, 2.45) is 5.92 Å². The minimum atomic E-state index is -0.255. The molecular formula is C14H17BrFNO. The maximum Gasteiger partial charge on any atom is 0.222 e. The van der Waals surface area contributed by atoms with E-state index in [2.05, 4.69) is 22.9 Å². The summed E-state index contributed by atoms with van der Waals surface area (Å²) in [5, 5.41) is 0. The largest absolute Gasteiger partial charge is 0.338 e. The SMILES string of the molecule is CC1CCC(=O)N(Cc2ccc(Br)cc2F)CC1. The molecule has 0 bridgehead atoms. The zero-order chi connectivity index (χ0) is 13.1. The maximum absolute atomic E-state index is 13.7. The Kier molecular flexibility index (Phi) is 4.38. The Balaban J connectivity index is 2.09. The summed E-state index contributed by atoms with van der Waals surface area (Å²) in [6.45, 7) is 3.27. The normalized spacial score (nSPS) is 20.9. The van der Waals surface area contributed by atoms with Gasteiger partial charge in [-0.15, -0.1) is 0 Å². The van der Waals surface area contributed by atoms with E-state index in [1.807, 2.05) is 6.07 Å². The minimum absolute atomic E-state index is 0.140. The third kappa shape index (κ3) is 3.31. The van der Waals surface area contributed by atoms with Crippen LogP contribution in [0.5, 0.6) is 0 Å². The Bertz CT molecular complexity index is 449. The van der Waals surface area contributed by atoms with Crippen molar-refractivity contribution in [2.45, 2.75) is 32.7 Å². The smallest absolute Gasteiger partial charge is 0.222 e. The molecule has 2 nitrogen and oxygen atoms in total. The van der Waals surface area contributed by atoms with Gasteiger partial charge in [0.05, 0.1) is 0 Å². The van der Waals surface area contributed by atoms with Crippen LogP contribution in [0.4, 0.5) is 4.39 Å². The molecule has 0 N–H and O–H groups in total. The summed E-state index contributed by atoms with van der Waals surface area (Å²) >= 11 is 3.23. The molecule has 1 saturated heterocycles. The number of halogens is 2. The third-order valence-corrected chi connectivity index (χ3v) is 3.97. The molecule has 0 radical (unpaired) electrons. The monoisotopic (exact) mass is 313 g/mol. The molecule has 0 spiro atoms. The van der Waals surface area contributed by atoms with Gasteiger partial charge in [-0.05, 0) is 30.9 Å². The van der Waals surface area contributed by atoms with Crippen molar-refractivity contribution in [3.63, 3.8) is 0 Å². The molecule has 1 unspecified atom stereocenters. The van der Waals surface area contributed by atoms with Gasteiger partial charge in [-0.25, -0.2) is 4.39 Å². The van der Waals surface area contributed by atoms with Crippen molar-refractivity contribution >= 4 is 21.8 Å². The van der Waals surface area contributed by atoms with Crippen LogP contribution in [0.2, 0.25) is 0 Å². The molecule has 1 aromatic rings. The summed E-state index contributed by atoms with van der Waals surface area (Å²) in [5.74, 6) is 0.463. The Hall–Kier alpha value is -0.900. The molecule has 0 aromatic heterocycles. The first-order valence-electron chi connectivity index (χ1n) is 6.28. The average molecular weight is 314 g/mol. The van der Waals surface area contributed by atoms with E-state index in [0.29, 0.717) is 24.4 Å². The molecule has 1 fully saturated rings. The summed E-state index contributed by atoms with van der Waals surface area (Å²) in [6.07, 6.45) is 2.53. The van der Waals surface area contributed by atoms with Crippen molar-refractivity contribution < 1.29 is 9.18 Å². The van der Waals surface area contributed by atoms with Crippen molar-refractivity contribution in [1.82, 2.24) is 4.90 Å². The first kappa shape index (κ1) is 13.5. The van der Waals surface area contributed by atoms with Gasteiger partial charge < -0.3 is 4.90 Å². The highest BCUT2D eigenvalue weighted by Gasteiger charge is 2.21. The molecule has 98 valence electrons. The van der Waals surface area contributed by atoms with Crippen LogP contribution in [-0.4, -0.2) is 17.4 Å². The van der Waals surface area contributed by atoms with Gasteiger partial charge in [0.25, 0.3) is 0 Å². The highest BCUT2D eigenvalue weighted by molar-refractivity contribution is 9.10. The first-order chi connectivity index (χ1) is 8.56. The number of hydrogen-bond donors (Lipinski definition) is 0. The van der Waals surface area contributed by atoms with E-state index in [4.69, 9.17) is 0 Å². The summed E-state index contributed by atoms with van der Waals surface area (Å²) < 4.78 is 14.5. The van der Waals surface area contributed by atoms with Crippen LogP contribution in [0.15, 0.2) is 22.7 Å².